The lowest BCUT2D eigenvalue weighted by atomic mass is 9.73. The summed E-state index contributed by atoms with van der Waals surface area (Å²) in [5.41, 5.74) is -2.80. The molecule has 3 aromatic rings. The number of ether oxygens (including phenoxy) is 1. The first-order valence-corrected chi connectivity index (χ1v) is 14.5. The van der Waals surface area contributed by atoms with Crippen LogP contribution in [0.3, 0.4) is 0 Å². The zero-order valence-electron chi connectivity index (χ0n) is 23.8. The molecule has 2 heterocycles. The fraction of sp³-hybridized carbons (Fsp3) is 0.300. The third kappa shape index (κ3) is 5.10. The summed E-state index contributed by atoms with van der Waals surface area (Å²) in [6, 6.07) is 8.55. The number of nitrogens with one attached hydrogen (secondary N) is 1. The number of halogens is 3. The van der Waals surface area contributed by atoms with Gasteiger partial charge in [-0.3, -0.25) is 34.7 Å². The molecule has 1 amide bonds. The average molecular weight is 659 g/mol. The molecule has 0 aromatic heterocycles. The van der Waals surface area contributed by atoms with Crippen molar-refractivity contribution in [2.75, 3.05) is 19.0 Å². The van der Waals surface area contributed by atoms with Gasteiger partial charge in [-0.25, -0.2) is 9.18 Å². The average Bonchev–Trinajstić information content (AvgIpc) is 3.44. The van der Waals surface area contributed by atoms with Gasteiger partial charge in [-0.1, -0.05) is 48.3 Å². The van der Waals surface area contributed by atoms with Crippen LogP contribution in [0.25, 0.3) is 0 Å². The van der Waals surface area contributed by atoms with Crippen molar-refractivity contribution in [3.05, 3.63) is 113 Å². The molecule has 3 aromatic carbocycles. The quantitative estimate of drug-likeness (QED) is 0.130. The van der Waals surface area contributed by atoms with E-state index in [1.807, 2.05) is 0 Å². The second-order valence-electron chi connectivity index (χ2n) is 10.7. The van der Waals surface area contributed by atoms with E-state index < -0.39 is 74.5 Å². The molecule has 2 aliphatic rings. The highest BCUT2D eigenvalue weighted by atomic mass is 35.5. The summed E-state index contributed by atoms with van der Waals surface area (Å²) in [6.45, 7) is 1.83. The lowest BCUT2D eigenvalue weighted by Gasteiger charge is -2.38. The summed E-state index contributed by atoms with van der Waals surface area (Å²) >= 11 is 12.3. The highest BCUT2D eigenvalue weighted by molar-refractivity contribution is 6.31. The number of anilines is 1. The molecule has 1 spiro atoms. The van der Waals surface area contributed by atoms with E-state index in [4.69, 9.17) is 23.2 Å². The smallest absolute Gasteiger partial charge is 0.338 e. The molecule has 1 fully saturated rings. The van der Waals surface area contributed by atoms with Gasteiger partial charge in [0.2, 0.25) is 6.04 Å². The summed E-state index contributed by atoms with van der Waals surface area (Å²) in [5.74, 6) is -4.85. The zero-order valence-corrected chi connectivity index (χ0v) is 25.3. The van der Waals surface area contributed by atoms with E-state index in [0.29, 0.717) is 12.0 Å². The van der Waals surface area contributed by atoms with Gasteiger partial charge in [-0.2, -0.15) is 0 Å². The van der Waals surface area contributed by atoms with Crippen LogP contribution in [-0.2, 0) is 15.1 Å². The van der Waals surface area contributed by atoms with Crippen LogP contribution in [0, 0.1) is 26.0 Å². The minimum atomic E-state index is -1.88. The maximum absolute atomic E-state index is 15.8. The van der Waals surface area contributed by atoms with E-state index in [9.17, 15) is 34.6 Å². The first-order valence-electron chi connectivity index (χ1n) is 13.7. The van der Waals surface area contributed by atoms with Crippen LogP contribution < -0.4 is 5.32 Å². The van der Waals surface area contributed by atoms with Crippen LogP contribution >= 0.6 is 23.2 Å². The fourth-order valence-electron chi connectivity index (χ4n) is 6.69. The molecule has 0 radical (unpaired) electrons. The molecule has 5 rings (SSSR count). The Hall–Kier alpha value is -4.46. The Kier molecular flexibility index (Phi) is 8.62. The van der Waals surface area contributed by atoms with Crippen LogP contribution in [0.5, 0.6) is 0 Å². The second-order valence-corrected chi connectivity index (χ2v) is 11.5. The number of nitro groups is 2. The number of ketones is 1. The molecule has 4 atom stereocenters. The number of esters is 1. The van der Waals surface area contributed by atoms with Crippen molar-refractivity contribution in [1.29, 1.82) is 0 Å². The Labute approximate surface area is 265 Å². The number of nitrogens with zero attached hydrogens (tertiary/aromatic N) is 3. The second kappa shape index (κ2) is 12.1. The summed E-state index contributed by atoms with van der Waals surface area (Å²) in [5, 5.41) is 27.7. The number of nitro benzene ring substituents is 1. The predicted octanol–water partition coefficient (Wildman–Crippen LogP) is 5.77. The maximum atomic E-state index is 15.8. The molecule has 0 unspecified atom stereocenters. The molecule has 12 nitrogen and oxygen atoms in total. The lowest BCUT2D eigenvalue weighted by molar-refractivity contribution is -0.528. The normalized spacial score (nSPS) is 22.2. The Morgan fingerprint density at radius 1 is 1.11 bits per heavy atom. The van der Waals surface area contributed by atoms with Gasteiger partial charge in [0.05, 0.1) is 40.1 Å². The number of carbonyl (C=O) groups excluding carboxylic acids is 3. The Morgan fingerprint density at radius 3 is 2.49 bits per heavy atom. The first kappa shape index (κ1) is 31.9. The number of amides is 1. The third-order valence-electron chi connectivity index (χ3n) is 8.36. The fourth-order valence-corrected chi connectivity index (χ4v) is 7.04. The standard InChI is InChI=1S/C30H25Cl2FN4O8/c1-3-11-35-23(14-24(38)17-9-7-15(28(39)45-2)12-22(17)36(41)42)27(37(43)44)25(18-5-4-6-20(32)26(18)33)30(35)19-10-8-16(31)13-21(19)34-29(30)40/h4-10,12-13,23,25,27H,3,11,14H2,1-2H3,(H,34,40)/t23-,25-,27+,30+/m0/s1. The number of benzene rings is 3. The number of likely N-dealkylation sites (tertiary alicyclic amines) is 1. The SMILES string of the molecule is CCCN1[C@@H](CC(=O)c2ccc(C(=O)OC)cc2[N+](=O)[O-])[C@@H]([N+](=O)[O-])[C@H](c2cccc(Cl)c2F)[C@]12C(=O)Nc1cc(Cl)ccc12. The Balaban J connectivity index is 1.74. The molecule has 15 heteroatoms. The van der Waals surface area contributed by atoms with Crippen LogP contribution in [0.15, 0.2) is 54.6 Å². The van der Waals surface area contributed by atoms with E-state index in [2.05, 4.69) is 10.1 Å². The summed E-state index contributed by atoms with van der Waals surface area (Å²) in [7, 11) is 1.09. The highest BCUT2D eigenvalue weighted by Gasteiger charge is 2.71. The van der Waals surface area contributed by atoms with Gasteiger partial charge in [-0.05, 0) is 43.3 Å². The van der Waals surface area contributed by atoms with E-state index in [-0.39, 0.29) is 33.4 Å². The van der Waals surface area contributed by atoms with Crippen LogP contribution in [0.2, 0.25) is 10.0 Å². The number of rotatable bonds is 9. The minimum Gasteiger partial charge on any atom is -0.465 e. The van der Waals surface area contributed by atoms with Crippen molar-refractivity contribution in [3.63, 3.8) is 0 Å². The monoisotopic (exact) mass is 658 g/mol. The molecule has 0 bridgehead atoms. The molecule has 234 valence electrons. The molecule has 0 aliphatic carbocycles. The van der Waals surface area contributed by atoms with Crippen molar-refractivity contribution in [2.24, 2.45) is 0 Å². The van der Waals surface area contributed by atoms with E-state index in [0.717, 1.165) is 19.2 Å². The summed E-state index contributed by atoms with van der Waals surface area (Å²) in [6.07, 6.45) is -0.285. The van der Waals surface area contributed by atoms with Gasteiger partial charge in [0, 0.05) is 39.2 Å². The first-order chi connectivity index (χ1) is 21.4. The molecule has 1 N–H and O–H groups in total. The number of hydrogen-bond donors (Lipinski definition) is 1. The van der Waals surface area contributed by atoms with E-state index >= 15 is 4.39 Å². The van der Waals surface area contributed by atoms with Gasteiger partial charge in [0.25, 0.3) is 11.6 Å². The van der Waals surface area contributed by atoms with E-state index in [1.54, 1.807) is 6.92 Å². The third-order valence-corrected chi connectivity index (χ3v) is 8.89. The molecule has 0 saturated carbocycles. The van der Waals surface area contributed by atoms with Crippen LogP contribution in [0.1, 0.15) is 57.5 Å². The Morgan fingerprint density at radius 2 is 1.84 bits per heavy atom. The highest BCUT2D eigenvalue weighted by Crippen LogP contribution is 2.59. The summed E-state index contributed by atoms with van der Waals surface area (Å²) < 4.78 is 20.4. The van der Waals surface area contributed by atoms with Crippen molar-refractivity contribution in [2.45, 2.75) is 43.3 Å². The van der Waals surface area contributed by atoms with Crippen molar-refractivity contribution in [3.8, 4) is 0 Å². The van der Waals surface area contributed by atoms with Crippen LogP contribution in [0.4, 0.5) is 15.8 Å². The molecule has 2 aliphatic heterocycles. The van der Waals surface area contributed by atoms with Gasteiger partial charge < -0.3 is 10.1 Å². The maximum Gasteiger partial charge on any atom is 0.338 e. The van der Waals surface area contributed by atoms with Crippen LogP contribution in [-0.4, -0.2) is 58.1 Å². The minimum absolute atomic E-state index is 0.0554. The Bertz CT molecular complexity index is 1770. The summed E-state index contributed by atoms with van der Waals surface area (Å²) in [4.78, 5) is 65.0. The van der Waals surface area contributed by atoms with Gasteiger partial charge in [0.15, 0.2) is 5.78 Å². The van der Waals surface area contributed by atoms with Crippen molar-refractivity contribution < 1.29 is 33.4 Å². The number of hydrogen-bond acceptors (Lipinski definition) is 9. The van der Waals surface area contributed by atoms with Crippen molar-refractivity contribution >= 4 is 52.2 Å². The lowest BCUT2D eigenvalue weighted by Crippen LogP contribution is -2.52. The zero-order chi connectivity index (χ0) is 32.8. The molecular weight excluding hydrogens is 634 g/mol. The van der Waals surface area contributed by atoms with Crippen molar-refractivity contribution in [1.82, 2.24) is 4.90 Å². The number of carbonyl (C=O) groups is 3. The largest absolute Gasteiger partial charge is 0.465 e. The van der Waals surface area contributed by atoms with Gasteiger partial charge in [-0.15, -0.1) is 0 Å². The predicted molar refractivity (Wildman–Crippen MR) is 161 cm³/mol. The number of fused-ring (bicyclic) bond motifs is 2. The topological polar surface area (TPSA) is 162 Å². The molecule has 1 saturated heterocycles. The van der Waals surface area contributed by atoms with Gasteiger partial charge >= 0.3 is 5.97 Å². The number of methoxy groups -OCH3 is 1. The van der Waals surface area contributed by atoms with E-state index in [1.165, 1.54) is 47.4 Å². The van der Waals surface area contributed by atoms with Gasteiger partial charge in [0.1, 0.15) is 11.4 Å². The number of Topliss-reactive ketones (excluding diaryl/α,β-unsaturated/α-hetero) is 1. The molecular formula is C30H25Cl2FN4O8. The molecule has 45 heavy (non-hydrogen) atoms.